The number of hydrogen-bond donors (Lipinski definition) is 1. The first kappa shape index (κ1) is 13.9. The summed E-state index contributed by atoms with van der Waals surface area (Å²) in [5.41, 5.74) is -0.547. The number of nitrogens with zero attached hydrogens (tertiary/aromatic N) is 1. The summed E-state index contributed by atoms with van der Waals surface area (Å²) in [6, 6.07) is -0.175. The van der Waals surface area contributed by atoms with Crippen LogP contribution in [0.15, 0.2) is 0 Å². The Labute approximate surface area is 121 Å². The molecule has 3 aliphatic rings. The van der Waals surface area contributed by atoms with E-state index in [1.54, 1.807) is 0 Å². The fourth-order valence-corrected chi connectivity index (χ4v) is 3.88. The highest BCUT2D eigenvalue weighted by molar-refractivity contribution is 6.00. The predicted octanol–water partition coefficient (Wildman–Crippen LogP) is 2.23. The van der Waals surface area contributed by atoms with Crippen LogP contribution in [0.25, 0.3) is 0 Å². The van der Waals surface area contributed by atoms with Gasteiger partial charge in [0.1, 0.15) is 11.6 Å². The van der Waals surface area contributed by atoms with E-state index in [-0.39, 0.29) is 17.9 Å². The molecule has 3 fully saturated rings. The number of unbranched alkanes of at least 4 members (excludes halogenated alkanes) is 2. The molecule has 2 saturated carbocycles. The summed E-state index contributed by atoms with van der Waals surface area (Å²) >= 11 is 0. The van der Waals surface area contributed by atoms with E-state index >= 15 is 0 Å². The molecule has 1 saturated heterocycles. The number of carbonyl (C=O) groups excluding carboxylic acids is 2. The Morgan fingerprint density at radius 2 is 1.90 bits per heavy atom. The number of amides is 2. The van der Waals surface area contributed by atoms with Gasteiger partial charge in [-0.1, -0.05) is 32.6 Å². The maximum absolute atomic E-state index is 12.9. The molecule has 0 aromatic heterocycles. The fraction of sp³-hybridized carbons (Fsp3) is 0.875. The average Bonchev–Trinajstić information content (AvgIpc) is 3.15. The first-order chi connectivity index (χ1) is 9.68. The summed E-state index contributed by atoms with van der Waals surface area (Å²) < 4.78 is 0. The second-order valence-corrected chi connectivity index (χ2v) is 6.77. The highest BCUT2D eigenvalue weighted by Gasteiger charge is 2.55. The SMILES string of the molecule is CCCCCN1C(=O)C2(CCCC2)NC(=O)C1C1CC1. The van der Waals surface area contributed by atoms with Gasteiger partial charge in [0.25, 0.3) is 0 Å². The van der Waals surface area contributed by atoms with E-state index in [9.17, 15) is 9.59 Å². The smallest absolute Gasteiger partial charge is 0.249 e. The van der Waals surface area contributed by atoms with Crippen molar-refractivity contribution >= 4 is 11.8 Å². The van der Waals surface area contributed by atoms with Crippen molar-refractivity contribution in [3.8, 4) is 0 Å². The van der Waals surface area contributed by atoms with Gasteiger partial charge in [0.05, 0.1) is 0 Å². The zero-order chi connectivity index (χ0) is 14.2. The van der Waals surface area contributed by atoms with E-state index in [1.165, 1.54) is 0 Å². The van der Waals surface area contributed by atoms with E-state index in [2.05, 4.69) is 12.2 Å². The third kappa shape index (κ3) is 2.33. The van der Waals surface area contributed by atoms with Crippen LogP contribution < -0.4 is 5.32 Å². The van der Waals surface area contributed by atoms with Crippen LogP contribution in [0.5, 0.6) is 0 Å². The number of hydrogen-bond acceptors (Lipinski definition) is 2. The summed E-state index contributed by atoms with van der Waals surface area (Å²) in [5.74, 6) is 0.743. The summed E-state index contributed by atoms with van der Waals surface area (Å²) in [5, 5.41) is 3.10. The Morgan fingerprint density at radius 3 is 2.50 bits per heavy atom. The zero-order valence-corrected chi connectivity index (χ0v) is 12.5. The summed E-state index contributed by atoms with van der Waals surface area (Å²) in [6.07, 6.45) is 9.29. The van der Waals surface area contributed by atoms with Crippen LogP contribution in [0.3, 0.4) is 0 Å². The highest BCUT2D eigenvalue weighted by Crippen LogP contribution is 2.41. The van der Waals surface area contributed by atoms with Crippen LogP contribution in [0, 0.1) is 5.92 Å². The van der Waals surface area contributed by atoms with Crippen molar-refractivity contribution in [1.82, 2.24) is 10.2 Å². The van der Waals surface area contributed by atoms with E-state index in [0.717, 1.165) is 64.3 Å². The number of carbonyl (C=O) groups is 2. The van der Waals surface area contributed by atoms with Crippen molar-refractivity contribution in [3.05, 3.63) is 0 Å². The van der Waals surface area contributed by atoms with Gasteiger partial charge >= 0.3 is 0 Å². The van der Waals surface area contributed by atoms with Crippen LogP contribution >= 0.6 is 0 Å². The molecule has 4 heteroatoms. The summed E-state index contributed by atoms with van der Waals surface area (Å²) in [7, 11) is 0. The molecule has 2 aliphatic carbocycles. The maximum atomic E-state index is 12.9. The Hall–Kier alpha value is -1.06. The first-order valence-electron chi connectivity index (χ1n) is 8.31. The van der Waals surface area contributed by atoms with E-state index < -0.39 is 5.54 Å². The molecule has 1 unspecified atom stereocenters. The van der Waals surface area contributed by atoms with Gasteiger partial charge in [-0.25, -0.2) is 0 Å². The van der Waals surface area contributed by atoms with Gasteiger partial charge in [0.15, 0.2) is 0 Å². The van der Waals surface area contributed by atoms with Gasteiger partial charge in [-0.05, 0) is 38.0 Å². The van der Waals surface area contributed by atoms with E-state index in [4.69, 9.17) is 0 Å². The lowest BCUT2D eigenvalue weighted by atomic mass is 9.89. The molecule has 4 nitrogen and oxygen atoms in total. The topological polar surface area (TPSA) is 49.4 Å². The van der Waals surface area contributed by atoms with Gasteiger partial charge < -0.3 is 10.2 Å². The number of nitrogens with one attached hydrogen (secondary N) is 1. The first-order valence-corrected chi connectivity index (χ1v) is 8.31. The molecule has 1 N–H and O–H groups in total. The molecule has 0 radical (unpaired) electrons. The molecule has 2 amide bonds. The van der Waals surface area contributed by atoms with Crippen molar-refractivity contribution in [3.63, 3.8) is 0 Å². The molecule has 112 valence electrons. The molecule has 3 rings (SSSR count). The van der Waals surface area contributed by atoms with Gasteiger partial charge in [0, 0.05) is 6.54 Å². The van der Waals surface area contributed by atoms with Gasteiger partial charge in [-0.3, -0.25) is 9.59 Å². The van der Waals surface area contributed by atoms with Gasteiger partial charge in [-0.15, -0.1) is 0 Å². The van der Waals surface area contributed by atoms with Crippen LogP contribution in [-0.2, 0) is 9.59 Å². The molecule has 0 aromatic carbocycles. The van der Waals surface area contributed by atoms with Crippen molar-refractivity contribution in [2.75, 3.05) is 6.54 Å². The fourth-order valence-electron chi connectivity index (χ4n) is 3.88. The minimum atomic E-state index is -0.547. The predicted molar refractivity (Wildman–Crippen MR) is 77.1 cm³/mol. The lowest BCUT2D eigenvalue weighted by Crippen LogP contribution is -2.70. The zero-order valence-electron chi connectivity index (χ0n) is 12.5. The third-order valence-electron chi connectivity index (χ3n) is 5.17. The summed E-state index contributed by atoms with van der Waals surface area (Å²) in [4.78, 5) is 27.4. The van der Waals surface area contributed by atoms with Crippen LogP contribution in [-0.4, -0.2) is 34.8 Å². The van der Waals surface area contributed by atoms with E-state index in [1.807, 2.05) is 4.90 Å². The molecular formula is C16H26N2O2. The molecule has 20 heavy (non-hydrogen) atoms. The Morgan fingerprint density at radius 1 is 1.20 bits per heavy atom. The number of piperazine rings is 1. The second-order valence-electron chi connectivity index (χ2n) is 6.77. The van der Waals surface area contributed by atoms with Crippen LogP contribution in [0.4, 0.5) is 0 Å². The molecule has 1 spiro atoms. The summed E-state index contributed by atoms with van der Waals surface area (Å²) in [6.45, 7) is 2.94. The van der Waals surface area contributed by atoms with Crippen molar-refractivity contribution in [2.45, 2.75) is 76.3 Å². The second kappa shape index (κ2) is 5.38. The van der Waals surface area contributed by atoms with E-state index in [0.29, 0.717) is 5.92 Å². The van der Waals surface area contributed by atoms with Crippen molar-refractivity contribution in [2.24, 2.45) is 5.92 Å². The average molecular weight is 278 g/mol. The molecule has 1 heterocycles. The number of rotatable bonds is 5. The quantitative estimate of drug-likeness (QED) is 0.784. The third-order valence-corrected chi connectivity index (χ3v) is 5.17. The Balaban J connectivity index is 1.78. The standard InChI is InChI=1S/C16H26N2O2/c1-2-3-6-11-18-13(12-7-8-12)14(19)17-16(15(18)20)9-4-5-10-16/h12-13H,2-11H2,1H3,(H,17,19). The molecule has 0 aromatic rings. The minimum Gasteiger partial charge on any atom is -0.340 e. The highest BCUT2D eigenvalue weighted by atomic mass is 16.2. The Bertz CT molecular complexity index is 397. The molecule has 1 atom stereocenters. The molecule has 0 bridgehead atoms. The lowest BCUT2D eigenvalue weighted by Gasteiger charge is -2.44. The lowest BCUT2D eigenvalue weighted by molar-refractivity contribution is -0.155. The Kier molecular flexibility index (Phi) is 3.74. The minimum absolute atomic E-state index is 0.116. The maximum Gasteiger partial charge on any atom is 0.249 e. The molecular weight excluding hydrogens is 252 g/mol. The van der Waals surface area contributed by atoms with Crippen molar-refractivity contribution in [1.29, 1.82) is 0 Å². The molecule has 1 aliphatic heterocycles. The van der Waals surface area contributed by atoms with Gasteiger partial charge in [-0.2, -0.15) is 0 Å². The van der Waals surface area contributed by atoms with Crippen LogP contribution in [0.2, 0.25) is 0 Å². The van der Waals surface area contributed by atoms with Gasteiger partial charge in [0.2, 0.25) is 11.8 Å². The monoisotopic (exact) mass is 278 g/mol. The normalized spacial score (nSPS) is 29.1. The van der Waals surface area contributed by atoms with Crippen molar-refractivity contribution < 1.29 is 9.59 Å². The van der Waals surface area contributed by atoms with Crippen LogP contribution in [0.1, 0.15) is 64.7 Å². The largest absolute Gasteiger partial charge is 0.340 e.